The van der Waals surface area contributed by atoms with Gasteiger partial charge in [0.25, 0.3) is 0 Å². The molecule has 0 saturated carbocycles. The van der Waals surface area contributed by atoms with E-state index in [1.807, 2.05) is 0 Å². The molecule has 2 rings (SSSR count). The maximum Gasteiger partial charge on any atom is 0.338 e. The van der Waals surface area contributed by atoms with Crippen molar-refractivity contribution in [3.05, 3.63) is 59.7 Å². The van der Waals surface area contributed by atoms with E-state index in [9.17, 15) is 19.2 Å². The molecule has 11 heteroatoms. The van der Waals surface area contributed by atoms with Gasteiger partial charge in [-0.1, -0.05) is 0 Å². The summed E-state index contributed by atoms with van der Waals surface area (Å²) in [7, 11) is 0. The van der Waals surface area contributed by atoms with Gasteiger partial charge in [0.05, 0.1) is 37.6 Å². The van der Waals surface area contributed by atoms with Crippen molar-refractivity contribution in [1.82, 2.24) is 0 Å². The minimum atomic E-state index is -0.401. The zero-order valence-corrected chi connectivity index (χ0v) is 23.3. The minimum absolute atomic E-state index is 0.120. The number of esters is 4. The molecule has 0 amide bonds. The van der Waals surface area contributed by atoms with Crippen LogP contribution >= 0.6 is 0 Å². The van der Waals surface area contributed by atoms with E-state index in [1.165, 1.54) is 0 Å². The third kappa shape index (κ3) is 15.3. The molecule has 0 unspecified atom stereocenters. The lowest BCUT2D eigenvalue weighted by Crippen LogP contribution is -2.14. The maximum absolute atomic E-state index is 11.9. The van der Waals surface area contributed by atoms with Gasteiger partial charge in [0, 0.05) is 24.2 Å². The van der Waals surface area contributed by atoms with E-state index in [2.05, 4.69) is 0 Å². The molecule has 0 aliphatic carbocycles. The van der Waals surface area contributed by atoms with E-state index in [1.54, 1.807) is 48.5 Å². The molecule has 224 valence electrons. The lowest BCUT2D eigenvalue weighted by atomic mass is 10.2. The fraction of sp³-hybridized carbons (Fsp3) is 0.467. The molecule has 0 radical (unpaired) electrons. The fourth-order valence-corrected chi connectivity index (χ4v) is 3.51. The van der Waals surface area contributed by atoms with Gasteiger partial charge in [-0.05, 0) is 87.1 Å². The van der Waals surface area contributed by atoms with E-state index in [0.29, 0.717) is 48.2 Å². The van der Waals surface area contributed by atoms with Gasteiger partial charge in [-0.3, -0.25) is 9.59 Å². The molecule has 0 fully saturated rings. The van der Waals surface area contributed by atoms with E-state index in [4.69, 9.17) is 35.2 Å². The number of unbranched alkanes of at least 4 members (excludes halogenated alkanes) is 4. The predicted octanol–water partition coefficient (Wildman–Crippen LogP) is 4.09. The third-order valence-corrected chi connectivity index (χ3v) is 5.79. The van der Waals surface area contributed by atoms with E-state index >= 15 is 0 Å². The van der Waals surface area contributed by atoms with Crippen molar-refractivity contribution in [1.29, 1.82) is 0 Å². The zero-order chi connectivity index (χ0) is 29.7. The number of hydrogen-bond acceptors (Lipinski definition) is 11. The first-order valence-corrected chi connectivity index (χ1v) is 13.8. The number of ether oxygens (including phenoxy) is 5. The molecule has 0 aromatic heterocycles. The molecule has 2 aromatic carbocycles. The molecule has 0 spiro atoms. The molecule has 0 aliphatic heterocycles. The maximum atomic E-state index is 11.9. The second kappa shape index (κ2) is 19.9. The summed E-state index contributed by atoms with van der Waals surface area (Å²) in [5.74, 6) is -1.44. The SMILES string of the molecule is Nc1ccc(C(=O)OCCCCCC(=O)OCCOCCOC(=O)CCCCCOC(=O)c2ccc(N)cc2)cc1. The second-order valence-electron chi connectivity index (χ2n) is 9.19. The van der Waals surface area contributed by atoms with Crippen LogP contribution in [-0.4, -0.2) is 63.5 Å². The van der Waals surface area contributed by atoms with Crippen molar-refractivity contribution in [2.24, 2.45) is 0 Å². The monoisotopic (exact) mass is 572 g/mol. The first kappa shape index (κ1) is 33.1. The molecular formula is C30H40N2O9. The second-order valence-corrected chi connectivity index (χ2v) is 9.19. The molecule has 2 aromatic rings. The number of nitrogen functional groups attached to an aromatic ring is 2. The smallest absolute Gasteiger partial charge is 0.338 e. The van der Waals surface area contributed by atoms with Gasteiger partial charge in [0.1, 0.15) is 13.2 Å². The van der Waals surface area contributed by atoms with E-state index < -0.39 is 11.9 Å². The van der Waals surface area contributed by atoms with Crippen molar-refractivity contribution in [3.63, 3.8) is 0 Å². The van der Waals surface area contributed by atoms with Gasteiger partial charge in [-0.25, -0.2) is 9.59 Å². The van der Waals surface area contributed by atoms with Crippen molar-refractivity contribution in [2.75, 3.05) is 51.1 Å². The topological polar surface area (TPSA) is 166 Å². The highest BCUT2D eigenvalue weighted by Crippen LogP contribution is 2.09. The van der Waals surface area contributed by atoms with Gasteiger partial charge in [-0.15, -0.1) is 0 Å². The van der Waals surface area contributed by atoms with Crippen LogP contribution in [0.15, 0.2) is 48.5 Å². The molecule has 41 heavy (non-hydrogen) atoms. The Morgan fingerprint density at radius 2 is 0.854 bits per heavy atom. The quantitative estimate of drug-likeness (QED) is 0.101. The highest BCUT2D eigenvalue weighted by Gasteiger charge is 2.08. The molecular weight excluding hydrogens is 532 g/mol. The first-order chi connectivity index (χ1) is 19.8. The van der Waals surface area contributed by atoms with Crippen LogP contribution in [0.1, 0.15) is 72.1 Å². The van der Waals surface area contributed by atoms with Crippen LogP contribution in [0.3, 0.4) is 0 Å². The number of carbonyl (C=O) groups is 4. The Kier molecular flexibility index (Phi) is 16.0. The standard InChI is InChI=1S/C30H40N2O9/c31-25-13-9-23(10-14-25)29(35)40-17-5-1-3-7-27(33)38-21-19-37-20-22-39-28(34)8-4-2-6-18-41-30(36)24-11-15-26(32)16-12-24/h9-16H,1-8,17-22,31-32H2. The van der Waals surface area contributed by atoms with Gasteiger partial charge < -0.3 is 35.2 Å². The summed E-state index contributed by atoms with van der Waals surface area (Å²) in [5.41, 5.74) is 13.2. The fourth-order valence-electron chi connectivity index (χ4n) is 3.51. The lowest BCUT2D eigenvalue weighted by molar-refractivity contribution is -0.146. The highest BCUT2D eigenvalue weighted by atomic mass is 16.6. The number of anilines is 2. The van der Waals surface area contributed by atoms with Crippen LogP contribution in [0.2, 0.25) is 0 Å². The minimum Gasteiger partial charge on any atom is -0.463 e. The van der Waals surface area contributed by atoms with E-state index in [-0.39, 0.29) is 64.4 Å². The number of carbonyl (C=O) groups excluding carboxylic acids is 4. The summed E-state index contributed by atoms with van der Waals surface area (Å²) in [6, 6.07) is 13.0. The Balaban J connectivity index is 1.33. The Morgan fingerprint density at radius 1 is 0.463 bits per heavy atom. The average molecular weight is 573 g/mol. The predicted molar refractivity (Wildman–Crippen MR) is 152 cm³/mol. The van der Waals surface area contributed by atoms with Crippen LogP contribution in [-0.2, 0) is 33.3 Å². The van der Waals surface area contributed by atoms with Crippen molar-refractivity contribution < 1.29 is 42.9 Å². The van der Waals surface area contributed by atoms with Crippen LogP contribution in [0.25, 0.3) is 0 Å². The van der Waals surface area contributed by atoms with Gasteiger partial charge in [0.2, 0.25) is 0 Å². The molecule has 0 saturated heterocycles. The Bertz CT molecular complexity index is 987. The van der Waals surface area contributed by atoms with Crippen LogP contribution in [0, 0.1) is 0 Å². The summed E-state index contributed by atoms with van der Waals surface area (Å²) in [4.78, 5) is 47.3. The zero-order valence-electron chi connectivity index (χ0n) is 23.3. The normalized spacial score (nSPS) is 10.5. The first-order valence-electron chi connectivity index (χ1n) is 13.8. The molecule has 11 nitrogen and oxygen atoms in total. The summed E-state index contributed by atoms with van der Waals surface area (Å²) in [6.45, 7) is 1.21. The highest BCUT2D eigenvalue weighted by molar-refractivity contribution is 5.90. The third-order valence-electron chi connectivity index (χ3n) is 5.79. The molecule has 0 aliphatic rings. The van der Waals surface area contributed by atoms with Crippen molar-refractivity contribution >= 4 is 35.3 Å². The van der Waals surface area contributed by atoms with Crippen molar-refractivity contribution in [3.8, 4) is 0 Å². The van der Waals surface area contributed by atoms with Crippen LogP contribution in [0.5, 0.6) is 0 Å². The van der Waals surface area contributed by atoms with Crippen LogP contribution < -0.4 is 11.5 Å². The summed E-state index contributed by atoms with van der Waals surface area (Å²) < 4.78 is 25.9. The number of nitrogens with two attached hydrogens (primary N) is 2. The summed E-state index contributed by atoms with van der Waals surface area (Å²) in [6.07, 6.45) is 4.55. The lowest BCUT2D eigenvalue weighted by Gasteiger charge is -2.08. The molecule has 0 bridgehead atoms. The molecule has 0 heterocycles. The summed E-state index contributed by atoms with van der Waals surface area (Å²) >= 11 is 0. The Labute approximate surface area is 240 Å². The number of benzene rings is 2. The van der Waals surface area contributed by atoms with Crippen molar-refractivity contribution in [2.45, 2.75) is 51.4 Å². The number of rotatable bonds is 20. The van der Waals surface area contributed by atoms with Crippen LogP contribution in [0.4, 0.5) is 11.4 Å². The Hall–Kier alpha value is -4.12. The molecule has 0 atom stereocenters. The van der Waals surface area contributed by atoms with Gasteiger partial charge >= 0.3 is 23.9 Å². The average Bonchev–Trinajstić information content (AvgIpc) is 2.96. The summed E-state index contributed by atoms with van der Waals surface area (Å²) in [5, 5.41) is 0. The molecule has 4 N–H and O–H groups in total. The van der Waals surface area contributed by atoms with Gasteiger partial charge in [0.15, 0.2) is 0 Å². The largest absolute Gasteiger partial charge is 0.463 e. The van der Waals surface area contributed by atoms with E-state index in [0.717, 1.165) is 12.8 Å². The van der Waals surface area contributed by atoms with Gasteiger partial charge in [-0.2, -0.15) is 0 Å². The Morgan fingerprint density at radius 3 is 1.24 bits per heavy atom. The number of hydrogen-bond donors (Lipinski definition) is 2.